The Kier molecular flexibility index (Phi) is 5.19. The number of ether oxygens (including phenoxy) is 1. The Morgan fingerprint density at radius 3 is 2.69 bits per heavy atom. The lowest BCUT2D eigenvalue weighted by atomic mass is 10.1. The van der Waals surface area contributed by atoms with Gasteiger partial charge in [-0.15, -0.1) is 0 Å². The highest BCUT2D eigenvalue weighted by atomic mass is 32.2. The van der Waals surface area contributed by atoms with Gasteiger partial charge in [-0.1, -0.05) is 19.1 Å². The molecule has 1 atom stereocenters. The van der Waals surface area contributed by atoms with Crippen LogP contribution >= 0.6 is 0 Å². The summed E-state index contributed by atoms with van der Waals surface area (Å²) in [5, 5.41) is 0. The molecule has 0 saturated heterocycles. The Hall–Kier alpha value is -1.16. The molecule has 0 saturated carbocycles. The summed E-state index contributed by atoms with van der Waals surface area (Å²) in [6.45, 7) is 3.76. The first-order valence-electron chi connectivity index (χ1n) is 5.23. The molecule has 4 heteroatoms. The lowest BCUT2D eigenvalue weighted by molar-refractivity contribution is 0.101. The van der Waals surface area contributed by atoms with Gasteiger partial charge < -0.3 is 4.74 Å². The van der Waals surface area contributed by atoms with Gasteiger partial charge in [-0.2, -0.15) is 0 Å². The van der Waals surface area contributed by atoms with Crippen LogP contribution in [-0.2, 0) is 10.8 Å². The van der Waals surface area contributed by atoms with Gasteiger partial charge in [-0.25, -0.2) is 0 Å². The maximum absolute atomic E-state index is 11.3. The molecule has 1 aromatic carbocycles. The second-order valence-corrected chi connectivity index (χ2v) is 5.20. The molecule has 0 aliphatic rings. The summed E-state index contributed by atoms with van der Waals surface area (Å²) in [5.74, 6) is 1.69. The molecule has 1 aromatic rings. The van der Waals surface area contributed by atoms with E-state index in [-0.39, 0.29) is 5.78 Å². The number of ketones is 1. The minimum atomic E-state index is -0.828. The SMILES string of the molecule is CCS(=O)CCOc1ccccc1C(C)=O. The number of para-hydroxylation sites is 1. The molecule has 0 amide bonds. The minimum Gasteiger partial charge on any atom is -0.492 e. The van der Waals surface area contributed by atoms with E-state index in [2.05, 4.69) is 0 Å². The Labute approximate surface area is 98.3 Å². The summed E-state index contributed by atoms with van der Waals surface area (Å²) in [5.41, 5.74) is 0.574. The smallest absolute Gasteiger partial charge is 0.163 e. The monoisotopic (exact) mass is 240 g/mol. The first kappa shape index (κ1) is 12.9. The maximum Gasteiger partial charge on any atom is 0.163 e. The highest BCUT2D eigenvalue weighted by Gasteiger charge is 2.07. The van der Waals surface area contributed by atoms with Crippen LogP contribution in [0.25, 0.3) is 0 Å². The molecule has 0 aromatic heterocycles. The molecular weight excluding hydrogens is 224 g/mol. The van der Waals surface area contributed by atoms with Crippen molar-refractivity contribution in [3.8, 4) is 5.75 Å². The zero-order valence-corrected chi connectivity index (χ0v) is 10.4. The van der Waals surface area contributed by atoms with Crippen molar-refractivity contribution >= 4 is 16.6 Å². The van der Waals surface area contributed by atoms with Gasteiger partial charge in [0.15, 0.2) is 5.78 Å². The van der Waals surface area contributed by atoms with E-state index in [9.17, 15) is 9.00 Å². The Bertz CT molecular complexity index is 388. The molecule has 0 N–H and O–H groups in total. The third kappa shape index (κ3) is 3.77. The summed E-state index contributed by atoms with van der Waals surface area (Å²) in [4.78, 5) is 11.3. The third-order valence-electron chi connectivity index (χ3n) is 2.16. The van der Waals surface area contributed by atoms with Crippen molar-refractivity contribution in [1.82, 2.24) is 0 Å². The van der Waals surface area contributed by atoms with Crippen molar-refractivity contribution in [2.24, 2.45) is 0 Å². The molecule has 88 valence electrons. The highest BCUT2D eigenvalue weighted by Crippen LogP contribution is 2.18. The van der Waals surface area contributed by atoms with Crippen molar-refractivity contribution in [2.75, 3.05) is 18.1 Å². The Morgan fingerprint density at radius 1 is 1.38 bits per heavy atom. The van der Waals surface area contributed by atoms with Crippen molar-refractivity contribution in [3.05, 3.63) is 29.8 Å². The zero-order valence-electron chi connectivity index (χ0n) is 9.56. The van der Waals surface area contributed by atoms with Gasteiger partial charge in [0.1, 0.15) is 5.75 Å². The van der Waals surface area contributed by atoms with Crippen LogP contribution in [-0.4, -0.2) is 28.1 Å². The van der Waals surface area contributed by atoms with Crippen molar-refractivity contribution in [1.29, 1.82) is 0 Å². The number of hydrogen-bond acceptors (Lipinski definition) is 3. The normalized spacial score (nSPS) is 12.1. The first-order valence-corrected chi connectivity index (χ1v) is 6.71. The van der Waals surface area contributed by atoms with E-state index in [0.717, 1.165) is 0 Å². The van der Waals surface area contributed by atoms with Gasteiger partial charge in [0.2, 0.25) is 0 Å². The van der Waals surface area contributed by atoms with Gasteiger partial charge in [0.05, 0.1) is 17.9 Å². The lowest BCUT2D eigenvalue weighted by Gasteiger charge is -2.08. The van der Waals surface area contributed by atoms with Gasteiger partial charge in [-0.3, -0.25) is 9.00 Å². The quantitative estimate of drug-likeness (QED) is 0.715. The van der Waals surface area contributed by atoms with Crippen LogP contribution in [0.3, 0.4) is 0 Å². The van der Waals surface area contributed by atoms with Crippen LogP contribution in [0.2, 0.25) is 0 Å². The Morgan fingerprint density at radius 2 is 2.06 bits per heavy atom. The van der Waals surface area contributed by atoms with Crippen molar-refractivity contribution in [2.45, 2.75) is 13.8 Å². The standard InChI is InChI=1S/C12H16O3S/c1-3-16(14)9-8-15-12-7-5-4-6-11(12)10(2)13/h4-7H,3,8-9H2,1-2H3. The second kappa shape index (κ2) is 6.43. The molecule has 16 heavy (non-hydrogen) atoms. The molecule has 1 unspecified atom stereocenters. The van der Waals surface area contributed by atoms with Crippen LogP contribution < -0.4 is 4.74 Å². The van der Waals surface area contributed by atoms with E-state index < -0.39 is 10.8 Å². The van der Waals surface area contributed by atoms with E-state index in [1.807, 2.05) is 13.0 Å². The predicted molar refractivity (Wildman–Crippen MR) is 65.5 cm³/mol. The molecular formula is C12H16O3S. The molecule has 0 aliphatic carbocycles. The molecule has 1 rings (SSSR count). The molecule has 0 heterocycles. The van der Waals surface area contributed by atoms with E-state index in [1.165, 1.54) is 6.92 Å². The van der Waals surface area contributed by atoms with Gasteiger partial charge in [0, 0.05) is 16.6 Å². The Balaban J connectivity index is 2.60. The summed E-state index contributed by atoms with van der Waals surface area (Å²) in [6, 6.07) is 7.10. The zero-order chi connectivity index (χ0) is 12.0. The molecule has 3 nitrogen and oxygen atoms in total. The fourth-order valence-electron chi connectivity index (χ4n) is 1.27. The van der Waals surface area contributed by atoms with Crippen LogP contribution in [0.5, 0.6) is 5.75 Å². The van der Waals surface area contributed by atoms with Crippen LogP contribution in [0, 0.1) is 0 Å². The number of carbonyl (C=O) groups excluding carboxylic acids is 1. The van der Waals surface area contributed by atoms with Gasteiger partial charge in [0.25, 0.3) is 0 Å². The van der Waals surface area contributed by atoms with Crippen LogP contribution in [0.15, 0.2) is 24.3 Å². The molecule has 0 aliphatic heterocycles. The summed E-state index contributed by atoms with van der Waals surface area (Å²) >= 11 is 0. The number of benzene rings is 1. The van der Waals surface area contributed by atoms with Crippen LogP contribution in [0.4, 0.5) is 0 Å². The lowest BCUT2D eigenvalue weighted by Crippen LogP contribution is -2.11. The largest absolute Gasteiger partial charge is 0.492 e. The fourth-order valence-corrected chi connectivity index (χ4v) is 1.83. The molecule has 0 bridgehead atoms. The van der Waals surface area contributed by atoms with Gasteiger partial charge in [-0.05, 0) is 19.1 Å². The van der Waals surface area contributed by atoms with Crippen molar-refractivity contribution in [3.63, 3.8) is 0 Å². The molecule has 0 radical (unpaired) electrons. The predicted octanol–water partition coefficient (Wildman–Crippen LogP) is 2.04. The topological polar surface area (TPSA) is 43.4 Å². The summed E-state index contributed by atoms with van der Waals surface area (Å²) < 4.78 is 16.6. The van der Waals surface area contributed by atoms with E-state index in [1.54, 1.807) is 18.2 Å². The number of rotatable bonds is 6. The summed E-state index contributed by atoms with van der Waals surface area (Å²) in [6.07, 6.45) is 0. The van der Waals surface area contributed by atoms with E-state index in [4.69, 9.17) is 4.74 Å². The van der Waals surface area contributed by atoms with Crippen molar-refractivity contribution < 1.29 is 13.7 Å². The highest BCUT2D eigenvalue weighted by molar-refractivity contribution is 7.84. The molecule has 0 fully saturated rings. The number of Topliss-reactive ketones (excluding diaryl/α,β-unsaturated/α-hetero) is 1. The second-order valence-electron chi connectivity index (χ2n) is 3.33. The maximum atomic E-state index is 11.3. The minimum absolute atomic E-state index is 0.0211. The summed E-state index contributed by atoms with van der Waals surface area (Å²) in [7, 11) is -0.828. The van der Waals surface area contributed by atoms with E-state index in [0.29, 0.717) is 29.4 Å². The first-order chi connectivity index (χ1) is 7.65. The third-order valence-corrected chi connectivity index (χ3v) is 3.42. The van der Waals surface area contributed by atoms with Crippen LogP contribution in [0.1, 0.15) is 24.2 Å². The van der Waals surface area contributed by atoms with Gasteiger partial charge >= 0.3 is 0 Å². The van der Waals surface area contributed by atoms with E-state index >= 15 is 0 Å². The fraction of sp³-hybridized carbons (Fsp3) is 0.417. The average Bonchev–Trinajstić information content (AvgIpc) is 2.29. The molecule has 0 spiro atoms. The average molecular weight is 240 g/mol. The number of hydrogen-bond donors (Lipinski definition) is 0. The number of carbonyl (C=O) groups is 1.